The molecule has 108 valence electrons. The average Bonchev–Trinajstić information content (AvgIpc) is 3.05. The zero-order valence-electron chi connectivity index (χ0n) is 11.7. The van der Waals surface area contributed by atoms with Gasteiger partial charge >= 0.3 is 0 Å². The minimum Gasteiger partial charge on any atom is -0.315 e. The molecule has 7 heteroatoms. The van der Waals surface area contributed by atoms with Crippen LogP contribution < -0.4 is 10.0 Å². The van der Waals surface area contributed by atoms with Crippen molar-refractivity contribution in [3.05, 3.63) is 11.4 Å². The molecule has 1 aromatic heterocycles. The maximum Gasteiger partial charge on any atom is 0.244 e. The van der Waals surface area contributed by atoms with E-state index in [2.05, 4.69) is 15.1 Å². The standard InChI is InChI=1S/C12H22N4O2S/c1-4-13-7-8-16-10(3)12(9(2)14-16)19(17,18)15-11-5-6-11/h11,13,15H,4-8H2,1-3H3. The van der Waals surface area contributed by atoms with Gasteiger partial charge in [0.1, 0.15) is 4.90 Å². The molecule has 2 N–H and O–H groups in total. The number of sulfonamides is 1. The van der Waals surface area contributed by atoms with E-state index in [0.717, 1.165) is 25.9 Å². The van der Waals surface area contributed by atoms with Gasteiger partial charge in [0.15, 0.2) is 0 Å². The van der Waals surface area contributed by atoms with Gasteiger partial charge in [-0.3, -0.25) is 4.68 Å². The molecule has 0 unspecified atom stereocenters. The maximum absolute atomic E-state index is 12.3. The molecular weight excluding hydrogens is 264 g/mol. The number of rotatable bonds is 7. The van der Waals surface area contributed by atoms with Crippen molar-refractivity contribution >= 4 is 10.0 Å². The largest absolute Gasteiger partial charge is 0.315 e. The number of likely N-dealkylation sites (N-methyl/N-ethyl adjacent to an activating group) is 1. The Labute approximate surface area is 114 Å². The number of hydrogen-bond acceptors (Lipinski definition) is 4. The molecule has 1 saturated carbocycles. The highest BCUT2D eigenvalue weighted by Crippen LogP contribution is 2.25. The highest BCUT2D eigenvalue weighted by molar-refractivity contribution is 7.89. The quantitative estimate of drug-likeness (QED) is 0.718. The van der Waals surface area contributed by atoms with E-state index in [-0.39, 0.29) is 6.04 Å². The summed E-state index contributed by atoms with van der Waals surface area (Å²) in [5, 5.41) is 7.54. The molecule has 2 rings (SSSR count). The Kier molecular flexibility index (Phi) is 4.27. The summed E-state index contributed by atoms with van der Waals surface area (Å²) in [5.41, 5.74) is 1.28. The van der Waals surface area contributed by atoms with Gasteiger partial charge in [-0.1, -0.05) is 6.92 Å². The van der Waals surface area contributed by atoms with Crippen LogP contribution in [0.3, 0.4) is 0 Å². The molecule has 0 aromatic carbocycles. The van der Waals surface area contributed by atoms with Crippen LogP contribution in [0.15, 0.2) is 4.90 Å². The van der Waals surface area contributed by atoms with Gasteiger partial charge in [-0.2, -0.15) is 5.10 Å². The Hall–Kier alpha value is -0.920. The van der Waals surface area contributed by atoms with E-state index < -0.39 is 10.0 Å². The first kappa shape index (κ1) is 14.5. The summed E-state index contributed by atoms with van der Waals surface area (Å²) in [5.74, 6) is 0. The lowest BCUT2D eigenvalue weighted by Crippen LogP contribution is -2.27. The Morgan fingerprint density at radius 2 is 2.05 bits per heavy atom. The highest BCUT2D eigenvalue weighted by atomic mass is 32.2. The number of nitrogens with zero attached hydrogens (tertiary/aromatic N) is 2. The molecule has 0 spiro atoms. The van der Waals surface area contributed by atoms with Crippen molar-refractivity contribution in [2.75, 3.05) is 13.1 Å². The van der Waals surface area contributed by atoms with Crippen molar-refractivity contribution in [3.8, 4) is 0 Å². The summed E-state index contributed by atoms with van der Waals surface area (Å²) >= 11 is 0. The molecule has 0 bridgehead atoms. The first-order valence-corrected chi connectivity index (χ1v) is 8.21. The second-order valence-electron chi connectivity index (χ2n) is 4.97. The van der Waals surface area contributed by atoms with Crippen LogP contribution >= 0.6 is 0 Å². The maximum atomic E-state index is 12.3. The number of aryl methyl sites for hydroxylation is 1. The van der Waals surface area contributed by atoms with E-state index in [4.69, 9.17) is 0 Å². The van der Waals surface area contributed by atoms with Gasteiger partial charge in [0.25, 0.3) is 0 Å². The lowest BCUT2D eigenvalue weighted by molar-refractivity contribution is 0.549. The first-order chi connectivity index (χ1) is 8.95. The minimum atomic E-state index is -3.42. The lowest BCUT2D eigenvalue weighted by atomic mass is 10.4. The first-order valence-electron chi connectivity index (χ1n) is 6.72. The van der Waals surface area contributed by atoms with Crippen molar-refractivity contribution in [2.45, 2.75) is 51.1 Å². The Balaban J connectivity index is 2.20. The van der Waals surface area contributed by atoms with Gasteiger partial charge in [-0.15, -0.1) is 0 Å². The van der Waals surface area contributed by atoms with Crippen LogP contribution in [-0.2, 0) is 16.6 Å². The third kappa shape index (κ3) is 3.34. The SMILES string of the molecule is CCNCCn1nc(C)c(S(=O)(=O)NC2CC2)c1C. The molecule has 0 aliphatic heterocycles. The van der Waals surface area contributed by atoms with Gasteiger partial charge in [0.2, 0.25) is 10.0 Å². The van der Waals surface area contributed by atoms with E-state index in [9.17, 15) is 8.42 Å². The molecule has 1 aliphatic rings. The number of hydrogen-bond donors (Lipinski definition) is 2. The third-order valence-corrected chi connectivity index (χ3v) is 5.01. The lowest BCUT2D eigenvalue weighted by Gasteiger charge is -2.07. The van der Waals surface area contributed by atoms with Crippen LogP contribution in [0.1, 0.15) is 31.2 Å². The summed E-state index contributed by atoms with van der Waals surface area (Å²) < 4.78 is 29.1. The zero-order valence-corrected chi connectivity index (χ0v) is 12.5. The van der Waals surface area contributed by atoms with Crippen LogP contribution in [0.5, 0.6) is 0 Å². The van der Waals surface area contributed by atoms with E-state index in [0.29, 0.717) is 22.8 Å². The number of nitrogens with one attached hydrogen (secondary N) is 2. The molecule has 1 aromatic rings. The van der Waals surface area contributed by atoms with E-state index in [1.54, 1.807) is 11.6 Å². The molecule has 1 heterocycles. The fraction of sp³-hybridized carbons (Fsp3) is 0.750. The van der Waals surface area contributed by atoms with Gasteiger partial charge in [-0.25, -0.2) is 13.1 Å². The molecule has 0 atom stereocenters. The molecule has 0 amide bonds. The molecular formula is C12H22N4O2S. The predicted molar refractivity (Wildman–Crippen MR) is 73.6 cm³/mol. The summed E-state index contributed by atoms with van der Waals surface area (Å²) in [6, 6.07) is 0.119. The fourth-order valence-electron chi connectivity index (χ4n) is 2.13. The Morgan fingerprint density at radius 1 is 1.37 bits per heavy atom. The fourth-order valence-corrected chi connectivity index (χ4v) is 3.84. The second-order valence-corrected chi connectivity index (χ2v) is 6.62. The second kappa shape index (κ2) is 5.60. The molecule has 19 heavy (non-hydrogen) atoms. The Morgan fingerprint density at radius 3 is 2.63 bits per heavy atom. The van der Waals surface area contributed by atoms with Crippen LogP contribution in [0.4, 0.5) is 0 Å². The monoisotopic (exact) mass is 286 g/mol. The van der Waals surface area contributed by atoms with Gasteiger partial charge in [0.05, 0.1) is 17.9 Å². The van der Waals surface area contributed by atoms with Crippen molar-refractivity contribution in [1.82, 2.24) is 19.8 Å². The molecule has 1 aliphatic carbocycles. The zero-order chi connectivity index (χ0) is 14.0. The van der Waals surface area contributed by atoms with Crippen molar-refractivity contribution in [2.24, 2.45) is 0 Å². The van der Waals surface area contributed by atoms with Crippen molar-refractivity contribution < 1.29 is 8.42 Å². The average molecular weight is 286 g/mol. The molecule has 1 fully saturated rings. The summed E-state index contributed by atoms with van der Waals surface area (Å²) in [4.78, 5) is 0.343. The Bertz CT molecular complexity index is 546. The molecule has 6 nitrogen and oxygen atoms in total. The van der Waals surface area contributed by atoms with Crippen LogP contribution in [0.2, 0.25) is 0 Å². The van der Waals surface area contributed by atoms with Crippen molar-refractivity contribution in [1.29, 1.82) is 0 Å². The van der Waals surface area contributed by atoms with E-state index in [1.165, 1.54) is 0 Å². The topological polar surface area (TPSA) is 76.0 Å². The minimum absolute atomic E-state index is 0.119. The van der Waals surface area contributed by atoms with E-state index >= 15 is 0 Å². The third-order valence-electron chi connectivity index (χ3n) is 3.23. The van der Waals surface area contributed by atoms with Crippen LogP contribution in [0.25, 0.3) is 0 Å². The summed E-state index contributed by atoms with van der Waals surface area (Å²) in [7, 11) is -3.42. The summed E-state index contributed by atoms with van der Waals surface area (Å²) in [6.07, 6.45) is 1.87. The molecule has 0 saturated heterocycles. The smallest absolute Gasteiger partial charge is 0.244 e. The molecule has 0 radical (unpaired) electrons. The highest BCUT2D eigenvalue weighted by Gasteiger charge is 2.31. The predicted octanol–water partition coefficient (Wildman–Crippen LogP) is 0.550. The van der Waals surface area contributed by atoms with Crippen LogP contribution in [0, 0.1) is 13.8 Å². The van der Waals surface area contributed by atoms with Gasteiger partial charge in [-0.05, 0) is 33.2 Å². The van der Waals surface area contributed by atoms with Gasteiger partial charge < -0.3 is 5.32 Å². The number of aromatic nitrogens is 2. The van der Waals surface area contributed by atoms with E-state index in [1.807, 2.05) is 13.8 Å². The van der Waals surface area contributed by atoms with Crippen LogP contribution in [-0.4, -0.2) is 37.3 Å². The van der Waals surface area contributed by atoms with Gasteiger partial charge in [0, 0.05) is 12.6 Å². The van der Waals surface area contributed by atoms with Crippen molar-refractivity contribution in [3.63, 3.8) is 0 Å². The normalized spacial score (nSPS) is 15.9. The summed E-state index contributed by atoms with van der Waals surface area (Å²) in [6.45, 7) is 7.96.